The van der Waals surface area contributed by atoms with Crippen LogP contribution in [-0.4, -0.2) is 16.9 Å². The molecule has 2 unspecified atom stereocenters. The molecular weight excluding hydrogens is 252 g/mol. The van der Waals surface area contributed by atoms with Gasteiger partial charge >= 0.3 is 0 Å². The summed E-state index contributed by atoms with van der Waals surface area (Å²) in [5.74, 6) is 7.13. The van der Waals surface area contributed by atoms with Gasteiger partial charge in [0.05, 0.1) is 25.0 Å². The van der Waals surface area contributed by atoms with Crippen LogP contribution in [0.4, 0.5) is 0 Å². The summed E-state index contributed by atoms with van der Waals surface area (Å²) < 4.78 is 7.44. The minimum atomic E-state index is 0.0493. The molecule has 0 amide bonds. The van der Waals surface area contributed by atoms with Gasteiger partial charge in [-0.15, -0.1) is 0 Å². The van der Waals surface area contributed by atoms with Crippen LogP contribution in [-0.2, 0) is 6.54 Å². The molecule has 0 aliphatic heterocycles. The first kappa shape index (κ1) is 17.0. The molecule has 0 saturated heterocycles. The molecular formula is C15H30N4O. The highest BCUT2D eigenvalue weighted by Crippen LogP contribution is 2.35. The Labute approximate surface area is 122 Å². The molecule has 20 heavy (non-hydrogen) atoms. The number of rotatable bonds is 7. The minimum Gasteiger partial charge on any atom is -0.493 e. The molecule has 0 aromatic carbocycles. The molecule has 0 radical (unpaired) electrons. The smallest absolute Gasteiger partial charge is 0.161 e. The van der Waals surface area contributed by atoms with Gasteiger partial charge in [-0.05, 0) is 24.2 Å². The van der Waals surface area contributed by atoms with Crippen molar-refractivity contribution in [3.8, 4) is 5.75 Å². The Kier molecular flexibility index (Phi) is 6.02. The number of nitrogens with zero attached hydrogens (tertiary/aromatic N) is 2. The van der Waals surface area contributed by atoms with Crippen LogP contribution in [0, 0.1) is 11.3 Å². The maximum Gasteiger partial charge on any atom is 0.161 e. The molecule has 1 aromatic rings. The Morgan fingerprint density at radius 3 is 2.55 bits per heavy atom. The molecule has 5 nitrogen and oxygen atoms in total. The fraction of sp³-hybridized carbons (Fsp3) is 0.800. The first-order valence-electron chi connectivity index (χ1n) is 7.40. The van der Waals surface area contributed by atoms with Gasteiger partial charge in [-0.2, -0.15) is 5.10 Å². The van der Waals surface area contributed by atoms with E-state index >= 15 is 0 Å². The molecule has 0 saturated carbocycles. The van der Waals surface area contributed by atoms with Crippen LogP contribution in [0.25, 0.3) is 0 Å². The topological polar surface area (TPSA) is 65.1 Å². The molecule has 3 N–H and O–H groups in total. The van der Waals surface area contributed by atoms with Crippen LogP contribution >= 0.6 is 0 Å². The second-order valence-electron chi connectivity index (χ2n) is 6.54. The SMILES string of the molecule is CCCn1ncc(OC)c1C(CC(C)C(C)(C)C)NN. The number of nitrogens with two attached hydrogens (primary N) is 1. The van der Waals surface area contributed by atoms with Crippen molar-refractivity contribution in [3.05, 3.63) is 11.9 Å². The summed E-state index contributed by atoms with van der Waals surface area (Å²) in [5, 5.41) is 4.41. The van der Waals surface area contributed by atoms with Gasteiger partial charge in [0.1, 0.15) is 0 Å². The van der Waals surface area contributed by atoms with E-state index in [0.29, 0.717) is 5.92 Å². The van der Waals surface area contributed by atoms with Gasteiger partial charge in [0, 0.05) is 6.54 Å². The molecule has 1 rings (SSSR count). The maximum absolute atomic E-state index is 5.80. The number of hydrazine groups is 1. The zero-order valence-corrected chi connectivity index (χ0v) is 13.7. The molecule has 0 aliphatic rings. The maximum atomic E-state index is 5.80. The third-order valence-corrected chi connectivity index (χ3v) is 4.10. The zero-order chi connectivity index (χ0) is 15.3. The Morgan fingerprint density at radius 1 is 1.45 bits per heavy atom. The fourth-order valence-corrected chi connectivity index (χ4v) is 2.24. The molecule has 0 fully saturated rings. The average molecular weight is 282 g/mol. The number of aryl methyl sites for hydroxylation is 1. The fourth-order valence-electron chi connectivity index (χ4n) is 2.24. The molecule has 2 atom stereocenters. The van der Waals surface area contributed by atoms with Crippen molar-refractivity contribution in [2.75, 3.05) is 7.11 Å². The Bertz CT molecular complexity index is 408. The first-order valence-corrected chi connectivity index (χ1v) is 7.40. The quantitative estimate of drug-likeness (QED) is 0.596. The van der Waals surface area contributed by atoms with Gasteiger partial charge < -0.3 is 4.74 Å². The van der Waals surface area contributed by atoms with Crippen molar-refractivity contribution in [3.63, 3.8) is 0 Å². The van der Waals surface area contributed by atoms with Crippen LogP contribution < -0.4 is 16.0 Å². The van der Waals surface area contributed by atoms with Gasteiger partial charge in [0.15, 0.2) is 5.75 Å². The third kappa shape index (κ3) is 3.96. The summed E-state index contributed by atoms with van der Waals surface area (Å²) >= 11 is 0. The van der Waals surface area contributed by atoms with Crippen molar-refractivity contribution in [1.82, 2.24) is 15.2 Å². The number of methoxy groups -OCH3 is 1. The third-order valence-electron chi connectivity index (χ3n) is 4.10. The highest BCUT2D eigenvalue weighted by Gasteiger charge is 2.27. The first-order chi connectivity index (χ1) is 9.35. The molecule has 1 aromatic heterocycles. The van der Waals surface area contributed by atoms with Crippen molar-refractivity contribution < 1.29 is 4.74 Å². The number of ether oxygens (including phenoxy) is 1. The molecule has 0 bridgehead atoms. The Hall–Kier alpha value is -1.07. The largest absolute Gasteiger partial charge is 0.493 e. The lowest BCUT2D eigenvalue weighted by atomic mass is 9.78. The van der Waals surface area contributed by atoms with E-state index in [-0.39, 0.29) is 11.5 Å². The van der Waals surface area contributed by atoms with Gasteiger partial charge in [-0.1, -0.05) is 34.6 Å². The van der Waals surface area contributed by atoms with E-state index < -0.39 is 0 Å². The molecule has 1 heterocycles. The summed E-state index contributed by atoms with van der Waals surface area (Å²) in [7, 11) is 1.68. The zero-order valence-electron chi connectivity index (χ0n) is 13.7. The summed E-state index contributed by atoms with van der Waals surface area (Å²) in [6, 6.07) is 0.0493. The predicted molar refractivity (Wildman–Crippen MR) is 82.4 cm³/mol. The highest BCUT2D eigenvalue weighted by molar-refractivity contribution is 5.28. The van der Waals surface area contributed by atoms with Crippen LogP contribution in [0.2, 0.25) is 0 Å². The van der Waals surface area contributed by atoms with Crippen LogP contribution in [0.1, 0.15) is 59.2 Å². The van der Waals surface area contributed by atoms with E-state index in [0.717, 1.165) is 30.8 Å². The van der Waals surface area contributed by atoms with Crippen molar-refractivity contribution in [2.24, 2.45) is 17.2 Å². The normalized spacial score (nSPS) is 15.2. The monoisotopic (exact) mass is 282 g/mol. The van der Waals surface area contributed by atoms with Gasteiger partial charge in [-0.25, -0.2) is 0 Å². The average Bonchev–Trinajstić information content (AvgIpc) is 2.78. The summed E-state index contributed by atoms with van der Waals surface area (Å²) in [5.41, 5.74) is 4.24. The Balaban J connectivity index is 3.01. The van der Waals surface area contributed by atoms with Crippen LogP contribution in [0.5, 0.6) is 5.75 Å². The van der Waals surface area contributed by atoms with E-state index in [1.807, 2.05) is 4.68 Å². The molecule has 5 heteroatoms. The summed E-state index contributed by atoms with van der Waals surface area (Å²) in [4.78, 5) is 0. The lowest BCUT2D eigenvalue weighted by molar-refractivity contribution is 0.218. The van der Waals surface area contributed by atoms with E-state index in [9.17, 15) is 0 Å². The van der Waals surface area contributed by atoms with Crippen LogP contribution in [0.15, 0.2) is 6.20 Å². The lowest BCUT2D eigenvalue weighted by Gasteiger charge is -2.31. The van der Waals surface area contributed by atoms with Crippen molar-refractivity contribution in [1.29, 1.82) is 0 Å². The number of aromatic nitrogens is 2. The minimum absolute atomic E-state index is 0.0493. The van der Waals surface area contributed by atoms with Crippen LogP contribution in [0.3, 0.4) is 0 Å². The van der Waals surface area contributed by atoms with E-state index in [1.165, 1.54) is 0 Å². The Morgan fingerprint density at radius 2 is 2.10 bits per heavy atom. The van der Waals surface area contributed by atoms with Gasteiger partial charge in [-0.3, -0.25) is 16.0 Å². The number of hydrogen-bond acceptors (Lipinski definition) is 4. The summed E-state index contributed by atoms with van der Waals surface area (Å²) in [6.07, 6.45) is 3.76. The van der Waals surface area contributed by atoms with Crippen molar-refractivity contribution >= 4 is 0 Å². The van der Waals surface area contributed by atoms with Gasteiger partial charge in [0.2, 0.25) is 0 Å². The van der Waals surface area contributed by atoms with Crippen molar-refractivity contribution in [2.45, 2.75) is 60.0 Å². The van der Waals surface area contributed by atoms with E-state index in [2.05, 4.69) is 45.1 Å². The molecule has 0 spiro atoms. The number of hydrogen-bond donors (Lipinski definition) is 2. The molecule has 116 valence electrons. The number of nitrogens with one attached hydrogen (secondary N) is 1. The lowest BCUT2D eigenvalue weighted by Crippen LogP contribution is -2.33. The predicted octanol–water partition coefficient (Wildman–Crippen LogP) is 2.88. The highest BCUT2D eigenvalue weighted by atomic mass is 16.5. The molecule has 0 aliphatic carbocycles. The van der Waals surface area contributed by atoms with Gasteiger partial charge in [0.25, 0.3) is 0 Å². The summed E-state index contributed by atoms with van der Waals surface area (Å²) in [6.45, 7) is 12.0. The second kappa shape index (κ2) is 7.09. The standard InChI is InChI=1S/C15H30N4O/c1-7-8-19-14(13(20-6)10-17-19)12(18-16)9-11(2)15(3,4)5/h10-12,18H,7-9,16H2,1-6H3. The van der Waals surface area contributed by atoms with E-state index in [4.69, 9.17) is 10.6 Å². The second-order valence-corrected chi connectivity index (χ2v) is 6.54. The van der Waals surface area contributed by atoms with E-state index in [1.54, 1.807) is 13.3 Å².